The monoisotopic (exact) mass is 276 g/mol. The van der Waals surface area contributed by atoms with Crippen LogP contribution in [0.1, 0.15) is 45.4 Å². The molecule has 1 saturated carbocycles. The molecule has 0 aromatic heterocycles. The maximum absolute atomic E-state index is 12.0. The number of nitrogens with one attached hydrogen (secondary N) is 1. The van der Waals surface area contributed by atoms with Crippen LogP contribution in [0.3, 0.4) is 0 Å². The van der Waals surface area contributed by atoms with E-state index in [0.717, 1.165) is 12.8 Å². The Morgan fingerprint density at radius 1 is 1.35 bits per heavy atom. The number of carbonyl (C=O) groups excluding carboxylic acids is 1. The summed E-state index contributed by atoms with van der Waals surface area (Å²) in [5, 5.41) is 3.15. The molecule has 2 rings (SSSR count). The Kier molecular flexibility index (Phi) is 4.88. The van der Waals surface area contributed by atoms with Crippen LogP contribution < -0.4 is 15.8 Å². The van der Waals surface area contributed by atoms with Crippen molar-refractivity contribution in [1.82, 2.24) is 5.32 Å². The van der Waals surface area contributed by atoms with Gasteiger partial charge in [0.2, 0.25) is 5.91 Å². The SMILES string of the molecule is CC1(NC(=O)CCOc2cccc(N)c2)CCCCC1. The Morgan fingerprint density at radius 2 is 2.10 bits per heavy atom. The fourth-order valence-electron chi connectivity index (χ4n) is 2.72. The Morgan fingerprint density at radius 3 is 2.80 bits per heavy atom. The maximum Gasteiger partial charge on any atom is 0.223 e. The van der Waals surface area contributed by atoms with Crippen LogP contribution in [0.4, 0.5) is 5.69 Å². The molecule has 0 heterocycles. The van der Waals surface area contributed by atoms with Crippen LogP contribution in [0.5, 0.6) is 5.75 Å². The molecule has 4 nitrogen and oxygen atoms in total. The van der Waals surface area contributed by atoms with Crippen LogP contribution in [0.25, 0.3) is 0 Å². The molecule has 1 aromatic rings. The maximum atomic E-state index is 12.0. The number of anilines is 1. The largest absolute Gasteiger partial charge is 0.493 e. The zero-order valence-corrected chi connectivity index (χ0v) is 12.2. The lowest BCUT2D eigenvalue weighted by Gasteiger charge is -2.34. The molecule has 0 radical (unpaired) electrons. The molecule has 0 aliphatic heterocycles. The summed E-state index contributed by atoms with van der Waals surface area (Å²) in [6, 6.07) is 7.26. The Hall–Kier alpha value is -1.71. The minimum absolute atomic E-state index is 0.0213. The topological polar surface area (TPSA) is 64.3 Å². The zero-order chi connectivity index (χ0) is 14.4. The third-order valence-corrected chi connectivity index (χ3v) is 3.85. The molecule has 0 bridgehead atoms. The minimum atomic E-state index is -0.0213. The van der Waals surface area contributed by atoms with Crippen LogP contribution in [0.2, 0.25) is 0 Å². The first-order chi connectivity index (χ1) is 9.57. The first kappa shape index (κ1) is 14.7. The quantitative estimate of drug-likeness (QED) is 0.813. The average Bonchev–Trinajstić information content (AvgIpc) is 2.39. The highest BCUT2D eigenvalue weighted by Gasteiger charge is 2.27. The molecule has 110 valence electrons. The predicted octanol–water partition coefficient (Wildman–Crippen LogP) is 2.88. The molecule has 20 heavy (non-hydrogen) atoms. The molecule has 1 amide bonds. The highest BCUT2D eigenvalue weighted by Crippen LogP contribution is 2.27. The average molecular weight is 276 g/mol. The third-order valence-electron chi connectivity index (χ3n) is 3.85. The van der Waals surface area contributed by atoms with Crippen LogP contribution in [0, 0.1) is 0 Å². The van der Waals surface area contributed by atoms with E-state index in [1.165, 1.54) is 19.3 Å². The van der Waals surface area contributed by atoms with E-state index in [-0.39, 0.29) is 11.4 Å². The van der Waals surface area contributed by atoms with Crippen LogP contribution in [-0.4, -0.2) is 18.1 Å². The summed E-state index contributed by atoms with van der Waals surface area (Å²) in [4.78, 5) is 12.0. The number of amides is 1. The number of nitrogen functional groups attached to an aromatic ring is 1. The van der Waals surface area contributed by atoms with Crippen molar-refractivity contribution >= 4 is 11.6 Å². The summed E-state index contributed by atoms with van der Waals surface area (Å²) in [5.41, 5.74) is 6.32. The molecule has 0 unspecified atom stereocenters. The summed E-state index contributed by atoms with van der Waals surface area (Å²) >= 11 is 0. The van der Waals surface area contributed by atoms with Gasteiger partial charge in [-0.3, -0.25) is 4.79 Å². The second kappa shape index (κ2) is 6.64. The van der Waals surface area contributed by atoms with E-state index in [1.807, 2.05) is 18.2 Å². The van der Waals surface area contributed by atoms with Gasteiger partial charge >= 0.3 is 0 Å². The first-order valence-electron chi connectivity index (χ1n) is 7.37. The fourth-order valence-corrected chi connectivity index (χ4v) is 2.72. The smallest absolute Gasteiger partial charge is 0.223 e. The highest BCUT2D eigenvalue weighted by molar-refractivity contribution is 5.76. The molecule has 4 heteroatoms. The van der Waals surface area contributed by atoms with Gasteiger partial charge < -0.3 is 15.8 Å². The Balaban J connectivity index is 1.72. The Bertz CT molecular complexity index is 454. The lowest BCUT2D eigenvalue weighted by molar-refractivity contribution is -0.123. The molecule has 1 aromatic carbocycles. The minimum Gasteiger partial charge on any atom is -0.493 e. The van der Waals surface area contributed by atoms with Crippen molar-refractivity contribution in [3.8, 4) is 5.75 Å². The fraction of sp³-hybridized carbons (Fsp3) is 0.562. The Labute approximate surface area is 120 Å². The molecule has 0 saturated heterocycles. The van der Waals surface area contributed by atoms with Crippen molar-refractivity contribution in [2.75, 3.05) is 12.3 Å². The lowest BCUT2D eigenvalue weighted by Crippen LogP contribution is -2.47. The molecule has 3 N–H and O–H groups in total. The van der Waals surface area contributed by atoms with E-state index in [4.69, 9.17) is 10.5 Å². The van der Waals surface area contributed by atoms with Gasteiger partial charge in [0.25, 0.3) is 0 Å². The number of hydrogen-bond donors (Lipinski definition) is 2. The van der Waals surface area contributed by atoms with Gasteiger partial charge in [-0.2, -0.15) is 0 Å². The van der Waals surface area contributed by atoms with Crippen LogP contribution in [-0.2, 0) is 4.79 Å². The van der Waals surface area contributed by atoms with Gasteiger partial charge in [-0.25, -0.2) is 0 Å². The van der Waals surface area contributed by atoms with Crippen LogP contribution in [0.15, 0.2) is 24.3 Å². The summed E-state index contributed by atoms with van der Waals surface area (Å²) in [5.74, 6) is 0.778. The van der Waals surface area contributed by atoms with Crippen molar-refractivity contribution in [1.29, 1.82) is 0 Å². The number of rotatable bonds is 5. The van der Waals surface area contributed by atoms with E-state index >= 15 is 0 Å². The molecular formula is C16H24N2O2. The summed E-state index contributed by atoms with van der Waals surface area (Å²) in [6.45, 7) is 2.52. The predicted molar refractivity (Wildman–Crippen MR) is 80.6 cm³/mol. The van der Waals surface area contributed by atoms with Gasteiger partial charge in [0, 0.05) is 17.3 Å². The summed E-state index contributed by atoms with van der Waals surface area (Å²) in [6.07, 6.45) is 6.23. The molecule has 1 aliphatic carbocycles. The van der Waals surface area contributed by atoms with Gasteiger partial charge in [0.1, 0.15) is 5.75 Å². The standard InChI is InChI=1S/C16H24N2O2/c1-16(9-3-2-4-10-16)18-15(19)8-11-20-14-7-5-6-13(17)12-14/h5-7,12H,2-4,8-11,17H2,1H3,(H,18,19). The first-order valence-corrected chi connectivity index (χ1v) is 7.37. The van der Waals surface area contributed by atoms with Gasteiger partial charge in [0.15, 0.2) is 0 Å². The van der Waals surface area contributed by atoms with Crippen LogP contribution >= 0.6 is 0 Å². The van der Waals surface area contributed by atoms with Crippen molar-refractivity contribution in [2.45, 2.75) is 51.0 Å². The second-order valence-electron chi connectivity index (χ2n) is 5.84. The van der Waals surface area contributed by atoms with Gasteiger partial charge in [-0.15, -0.1) is 0 Å². The number of ether oxygens (including phenoxy) is 1. The van der Waals surface area contributed by atoms with E-state index < -0.39 is 0 Å². The third kappa shape index (κ3) is 4.44. The van der Waals surface area contributed by atoms with Gasteiger partial charge in [0.05, 0.1) is 13.0 Å². The zero-order valence-electron chi connectivity index (χ0n) is 12.2. The van der Waals surface area contributed by atoms with E-state index in [0.29, 0.717) is 24.5 Å². The molecule has 0 spiro atoms. The van der Waals surface area contributed by atoms with Crippen molar-refractivity contribution in [3.05, 3.63) is 24.3 Å². The highest BCUT2D eigenvalue weighted by atomic mass is 16.5. The second-order valence-corrected chi connectivity index (χ2v) is 5.84. The van der Waals surface area contributed by atoms with E-state index in [2.05, 4.69) is 12.2 Å². The van der Waals surface area contributed by atoms with Gasteiger partial charge in [-0.05, 0) is 31.9 Å². The normalized spacial score (nSPS) is 17.4. The number of hydrogen-bond acceptors (Lipinski definition) is 3. The number of nitrogens with two attached hydrogens (primary N) is 1. The van der Waals surface area contributed by atoms with E-state index in [9.17, 15) is 4.79 Å². The molecule has 0 atom stereocenters. The van der Waals surface area contributed by atoms with Crippen molar-refractivity contribution in [2.24, 2.45) is 0 Å². The van der Waals surface area contributed by atoms with Crippen molar-refractivity contribution < 1.29 is 9.53 Å². The molecule has 1 fully saturated rings. The lowest BCUT2D eigenvalue weighted by atomic mass is 9.83. The molecular weight excluding hydrogens is 252 g/mol. The summed E-state index contributed by atoms with van der Waals surface area (Å²) in [7, 11) is 0. The van der Waals surface area contributed by atoms with Crippen molar-refractivity contribution in [3.63, 3.8) is 0 Å². The van der Waals surface area contributed by atoms with E-state index in [1.54, 1.807) is 6.07 Å². The van der Waals surface area contributed by atoms with Gasteiger partial charge in [-0.1, -0.05) is 25.3 Å². The number of benzene rings is 1. The molecule has 1 aliphatic rings. The summed E-state index contributed by atoms with van der Waals surface area (Å²) < 4.78 is 5.54. The number of carbonyl (C=O) groups is 1.